The molecule has 1 nitrogen and oxygen atoms in total. The minimum atomic E-state index is -2.49. The predicted molar refractivity (Wildman–Crippen MR) is 110 cm³/mol. The van der Waals surface area contributed by atoms with Crippen molar-refractivity contribution in [3.63, 3.8) is 0 Å². The predicted octanol–water partition coefficient (Wildman–Crippen LogP) is 3.64. The maximum absolute atomic E-state index is 6.46. The summed E-state index contributed by atoms with van der Waals surface area (Å²) in [7, 11) is -0.615. The van der Waals surface area contributed by atoms with Crippen molar-refractivity contribution < 1.29 is 4.43 Å². The van der Waals surface area contributed by atoms with E-state index in [1.54, 1.807) is 0 Å². The Morgan fingerprint density at radius 2 is 1.24 bits per heavy atom. The van der Waals surface area contributed by atoms with Crippen molar-refractivity contribution in [2.75, 3.05) is 7.11 Å². The third-order valence-corrected chi connectivity index (χ3v) is 9.01. The Kier molecular flexibility index (Phi) is 5.85. The number of benzene rings is 3. The zero-order chi connectivity index (χ0) is 17.5. The van der Waals surface area contributed by atoms with Gasteiger partial charge in [-0.3, -0.25) is 0 Å². The van der Waals surface area contributed by atoms with Gasteiger partial charge in [0.1, 0.15) is 0 Å². The fraction of sp³-hybridized carbons (Fsp3) is 0.217. The van der Waals surface area contributed by atoms with Crippen LogP contribution in [-0.4, -0.2) is 15.4 Å². The lowest BCUT2D eigenvalue weighted by Gasteiger charge is -2.33. The number of hydrogen-bond donors (Lipinski definition) is 0. The van der Waals surface area contributed by atoms with E-state index in [0.29, 0.717) is 0 Å². The quantitative estimate of drug-likeness (QED) is 0.469. The highest BCUT2D eigenvalue weighted by Crippen LogP contribution is 2.13. The van der Waals surface area contributed by atoms with E-state index in [4.69, 9.17) is 4.43 Å². The van der Waals surface area contributed by atoms with E-state index in [0.717, 1.165) is 6.42 Å². The molecule has 0 aliphatic rings. The number of aryl methyl sites for hydroxylation is 1. The number of unbranched alkanes of at least 4 members (excludes halogenated alkanes) is 1. The van der Waals surface area contributed by atoms with E-state index in [-0.39, 0.29) is 0 Å². The summed E-state index contributed by atoms with van der Waals surface area (Å²) in [5, 5.41) is 3.98. The van der Waals surface area contributed by atoms with E-state index >= 15 is 0 Å². The molecule has 3 aromatic rings. The van der Waals surface area contributed by atoms with Gasteiger partial charge in [-0.1, -0.05) is 98.3 Å². The molecule has 0 bridgehead atoms. The van der Waals surface area contributed by atoms with Gasteiger partial charge in [-0.15, -0.1) is 0 Å². The maximum Gasteiger partial charge on any atom is 0.288 e. The Hall–Kier alpha value is -2.16. The lowest BCUT2D eigenvalue weighted by molar-refractivity contribution is 0.426. The monoisotopic (exact) mass is 346 g/mol. The Bertz CT molecular complexity index is 744. The lowest BCUT2D eigenvalue weighted by atomic mass is 10.1. The second kappa shape index (κ2) is 8.28. The fourth-order valence-electron chi connectivity index (χ4n) is 3.62. The molecule has 0 amide bonds. The van der Waals surface area contributed by atoms with Crippen LogP contribution in [0, 0.1) is 0 Å². The van der Waals surface area contributed by atoms with Crippen LogP contribution in [0.25, 0.3) is 0 Å². The van der Waals surface area contributed by atoms with Gasteiger partial charge in [-0.25, -0.2) is 0 Å². The number of rotatable bonds is 7. The minimum absolute atomic E-state index is 1.10. The van der Waals surface area contributed by atoms with Crippen LogP contribution >= 0.6 is 0 Å². The highest BCUT2D eigenvalue weighted by molar-refractivity contribution is 7.07. The van der Waals surface area contributed by atoms with E-state index < -0.39 is 8.32 Å². The smallest absolute Gasteiger partial charge is 0.288 e. The largest absolute Gasteiger partial charge is 0.408 e. The van der Waals surface area contributed by atoms with Crippen molar-refractivity contribution in [3.05, 3.63) is 90.5 Å². The van der Waals surface area contributed by atoms with E-state index in [2.05, 4.69) is 91.9 Å². The van der Waals surface area contributed by atoms with Crippen molar-refractivity contribution in [2.24, 2.45) is 0 Å². The van der Waals surface area contributed by atoms with Crippen LogP contribution in [0.1, 0.15) is 25.3 Å². The van der Waals surface area contributed by atoms with Crippen LogP contribution in [0.15, 0.2) is 84.9 Å². The molecular weight excluding hydrogens is 320 g/mol. The lowest BCUT2D eigenvalue weighted by Crippen LogP contribution is -2.69. The molecular formula is C23H26OSi. The molecule has 0 fully saturated rings. The van der Waals surface area contributed by atoms with Crippen molar-refractivity contribution in [1.29, 1.82) is 0 Å². The first kappa shape index (κ1) is 17.7. The molecule has 128 valence electrons. The average molecular weight is 347 g/mol. The molecule has 0 aliphatic carbocycles. The van der Waals surface area contributed by atoms with E-state index in [1.807, 2.05) is 7.11 Å². The molecule has 25 heavy (non-hydrogen) atoms. The fourth-order valence-corrected chi connectivity index (χ4v) is 7.58. The Labute approximate surface area is 152 Å². The summed E-state index contributed by atoms with van der Waals surface area (Å²) in [5.41, 5.74) is 1.42. The molecule has 0 unspecified atom stereocenters. The average Bonchev–Trinajstić information content (AvgIpc) is 2.70. The van der Waals surface area contributed by atoms with Gasteiger partial charge in [-0.05, 0) is 34.0 Å². The summed E-state index contributed by atoms with van der Waals surface area (Å²) in [6.07, 6.45) is 3.51. The molecule has 0 saturated heterocycles. The van der Waals surface area contributed by atoms with Crippen LogP contribution in [0.4, 0.5) is 0 Å². The third kappa shape index (κ3) is 3.46. The van der Waals surface area contributed by atoms with Gasteiger partial charge in [0.15, 0.2) is 0 Å². The van der Waals surface area contributed by atoms with Crippen LogP contribution in [0.5, 0.6) is 0 Å². The summed E-state index contributed by atoms with van der Waals surface area (Å²) >= 11 is 0. The topological polar surface area (TPSA) is 9.23 Å². The summed E-state index contributed by atoms with van der Waals surface area (Å²) in [6.45, 7) is 2.25. The second-order valence-electron chi connectivity index (χ2n) is 6.38. The van der Waals surface area contributed by atoms with Gasteiger partial charge >= 0.3 is 0 Å². The first-order valence-electron chi connectivity index (χ1n) is 9.07. The molecule has 0 aliphatic heterocycles. The SMILES string of the molecule is CCCCc1ccccc1[Si](OC)(c1ccccc1)c1ccccc1. The summed E-state index contributed by atoms with van der Waals surface area (Å²) in [5.74, 6) is 0. The molecule has 3 rings (SSSR count). The Morgan fingerprint density at radius 3 is 1.76 bits per heavy atom. The molecule has 0 N–H and O–H groups in total. The molecule has 2 heteroatoms. The van der Waals surface area contributed by atoms with Gasteiger partial charge in [0.25, 0.3) is 8.32 Å². The van der Waals surface area contributed by atoms with Crippen molar-refractivity contribution in [3.8, 4) is 0 Å². The first-order valence-corrected chi connectivity index (χ1v) is 11.0. The molecule has 0 spiro atoms. The first-order chi connectivity index (χ1) is 12.3. The van der Waals surface area contributed by atoms with Crippen LogP contribution < -0.4 is 15.6 Å². The number of hydrogen-bond acceptors (Lipinski definition) is 1. The van der Waals surface area contributed by atoms with Gasteiger partial charge in [-0.2, -0.15) is 0 Å². The third-order valence-electron chi connectivity index (χ3n) is 4.86. The van der Waals surface area contributed by atoms with Crippen molar-refractivity contribution >= 4 is 23.9 Å². The Balaban J connectivity index is 2.26. The van der Waals surface area contributed by atoms with Crippen LogP contribution in [0.3, 0.4) is 0 Å². The molecule has 0 aromatic heterocycles. The van der Waals surface area contributed by atoms with Crippen molar-refractivity contribution in [2.45, 2.75) is 26.2 Å². The van der Waals surface area contributed by atoms with Crippen molar-refractivity contribution in [1.82, 2.24) is 0 Å². The molecule has 0 heterocycles. The standard InChI is InChI=1S/C23H26OSi/c1-3-4-13-20-14-11-12-19-23(20)25(24-2,21-15-7-5-8-16-21)22-17-9-6-10-18-22/h5-12,14-19H,3-4,13H2,1-2H3. The van der Waals surface area contributed by atoms with E-state index in [1.165, 1.54) is 34.0 Å². The van der Waals surface area contributed by atoms with Gasteiger partial charge in [0.2, 0.25) is 0 Å². The summed E-state index contributed by atoms with van der Waals surface area (Å²) in [6, 6.07) is 30.4. The van der Waals surface area contributed by atoms with E-state index in [9.17, 15) is 0 Å². The zero-order valence-corrected chi connectivity index (χ0v) is 16.1. The van der Waals surface area contributed by atoms with Crippen LogP contribution in [0.2, 0.25) is 0 Å². The molecule has 0 radical (unpaired) electrons. The molecule has 0 saturated carbocycles. The highest BCUT2D eigenvalue weighted by atomic mass is 28.4. The second-order valence-corrected chi connectivity index (χ2v) is 9.84. The summed E-state index contributed by atoms with van der Waals surface area (Å²) in [4.78, 5) is 0. The van der Waals surface area contributed by atoms with Gasteiger partial charge in [0, 0.05) is 7.11 Å². The molecule has 3 aromatic carbocycles. The normalized spacial score (nSPS) is 11.4. The molecule has 0 atom stereocenters. The minimum Gasteiger partial charge on any atom is -0.408 e. The van der Waals surface area contributed by atoms with Crippen LogP contribution in [-0.2, 0) is 10.8 Å². The van der Waals surface area contributed by atoms with Gasteiger partial charge in [0.05, 0.1) is 0 Å². The Morgan fingerprint density at radius 1 is 0.720 bits per heavy atom. The van der Waals surface area contributed by atoms with Gasteiger partial charge < -0.3 is 4.43 Å². The maximum atomic E-state index is 6.46. The highest BCUT2D eigenvalue weighted by Gasteiger charge is 2.42. The zero-order valence-electron chi connectivity index (χ0n) is 15.1. The summed E-state index contributed by atoms with van der Waals surface area (Å²) < 4.78 is 6.46.